The lowest BCUT2D eigenvalue weighted by atomic mass is 10.0. The van der Waals surface area contributed by atoms with Crippen molar-refractivity contribution in [3.8, 4) is 11.1 Å². The third-order valence-electron chi connectivity index (χ3n) is 3.91. The molecule has 0 aliphatic heterocycles. The van der Waals surface area contributed by atoms with Gasteiger partial charge >= 0.3 is 0 Å². The summed E-state index contributed by atoms with van der Waals surface area (Å²) in [4.78, 5) is 20.2. The number of benzene rings is 1. The molecule has 6 nitrogen and oxygen atoms in total. The summed E-state index contributed by atoms with van der Waals surface area (Å²) in [5, 5.41) is 4.79. The van der Waals surface area contributed by atoms with Crippen molar-refractivity contribution in [3.05, 3.63) is 43.1 Å². The van der Waals surface area contributed by atoms with Gasteiger partial charge in [0, 0.05) is 34.9 Å². The molecule has 0 aliphatic carbocycles. The minimum Gasteiger partial charge on any atom is -0.351 e. The average Bonchev–Trinajstić information content (AvgIpc) is 3.02. The molecule has 0 bridgehead atoms. The van der Waals surface area contributed by atoms with Crippen LogP contribution in [0.1, 0.15) is 13.8 Å². The number of anilines is 1. The molecule has 7 heteroatoms. The molecule has 0 unspecified atom stereocenters. The first-order valence-corrected chi connectivity index (χ1v) is 7.97. The highest BCUT2D eigenvalue weighted by atomic mass is 19.1. The summed E-state index contributed by atoms with van der Waals surface area (Å²) in [5.41, 5.74) is 2.30. The van der Waals surface area contributed by atoms with Gasteiger partial charge in [0.05, 0.1) is 12.1 Å². The predicted molar refractivity (Wildman–Crippen MR) is 96.1 cm³/mol. The molecule has 1 aromatic carbocycles. The fraction of sp³-hybridized carbons (Fsp3) is 0.222. The van der Waals surface area contributed by atoms with Gasteiger partial charge in [0.2, 0.25) is 5.95 Å². The number of alkyl halides is 1. The maximum atomic E-state index is 13.6. The highest BCUT2D eigenvalue weighted by molar-refractivity contribution is 5.96. The largest absolute Gasteiger partial charge is 0.351 e. The van der Waals surface area contributed by atoms with Crippen molar-refractivity contribution in [2.75, 3.05) is 11.9 Å². The van der Waals surface area contributed by atoms with E-state index in [0.717, 1.165) is 27.4 Å². The zero-order valence-electron chi connectivity index (χ0n) is 13.9. The van der Waals surface area contributed by atoms with Crippen LogP contribution in [0.15, 0.2) is 43.1 Å². The van der Waals surface area contributed by atoms with E-state index in [2.05, 4.69) is 30.2 Å². The minimum absolute atomic E-state index is 0.150. The van der Waals surface area contributed by atoms with Crippen LogP contribution in [0.4, 0.5) is 10.3 Å². The Kier molecular flexibility index (Phi) is 3.56. The number of halogens is 1. The standard InChI is InChI=1S/C18H17FN6/c1-18(2,19)9-23-17-22-8-14-13(7-21-16(14)25-17)11-3-4-15-12(5-11)6-20-10-24-15/h3-8,10H,9H2,1-2H3,(H2,21,22,23,25). The second-order valence-corrected chi connectivity index (χ2v) is 6.53. The third kappa shape index (κ3) is 3.13. The summed E-state index contributed by atoms with van der Waals surface area (Å²) < 4.78 is 13.6. The van der Waals surface area contributed by atoms with Crippen LogP contribution in [0.2, 0.25) is 0 Å². The molecule has 4 rings (SSSR count). The third-order valence-corrected chi connectivity index (χ3v) is 3.91. The first-order valence-electron chi connectivity index (χ1n) is 7.97. The first-order chi connectivity index (χ1) is 12.0. The topological polar surface area (TPSA) is 79.4 Å². The zero-order chi connectivity index (χ0) is 17.4. The number of hydrogen-bond donors (Lipinski definition) is 2. The Hall–Kier alpha value is -3.09. The molecule has 3 heterocycles. The van der Waals surface area contributed by atoms with Gasteiger partial charge < -0.3 is 10.3 Å². The molecule has 3 aromatic heterocycles. The number of aromatic nitrogens is 5. The molecular weight excluding hydrogens is 319 g/mol. The van der Waals surface area contributed by atoms with E-state index in [1.807, 2.05) is 24.4 Å². The quantitative estimate of drug-likeness (QED) is 0.594. The van der Waals surface area contributed by atoms with Crippen molar-refractivity contribution in [1.29, 1.82) is 0 Å². The van der Waals surface area contributed by atoms with E-state index in [0.29, 0.717) is 11.6 Å². The highest BCUT2D eigenvalue weighted by Gasteiger charge is 2.16. The van der Waals surface area contributed by atoms with Crippen LogP contribution < -0.4 is 5.32 Å². The normalized spacial score (nSPS) is 12.0. The first kappa shape index (κ1) is 15.4. The molecule has 0 saturated heterocycles. The number of hydrogen-bond acceptors (Lipinski definition) is 5. The summed E-state index contributed by atoms with van der Waals surface area (Å²) in [6.07, 6.45) is 6.97. The predicted octanol–water partition coefficient (Wildman–Crippen LogP) is 3.73. The molecule has 0 aliphatic rings. The van der Waals surface area contributed by atoms with E-state index in [-0.39, 0.29) is 6.54 Å². The molecule has 25 heavy (non-hydrogen) atoms. The smallest absolute Gasteiger partial charge is 0.224 e. The van der Waals surface area contributed by atoms with Gasteiger partial charge in [0.25, 0.3) is 0 Å². The van der Waals surface area contributed by atoms with Gasteiger partial charge in [-0.1, -0.05) is 6.07 Å². The molecule has 2 N–H and O–H groups in total. The van der Waals surface area contributed by atoms with Crippen molar-refractivity contribution >= 4 is 27.9 Å². The molecule has 0 spiro atoms. The van der Waals surface area contributed by atoms with Crippen molar-refractivity contribution in [1.82, 2.24) is 24.9 Å². The van der Waals surface area contributed by atoms with E-state index >= 15 is 0 Å². The van der Waals surface area contributed by atoms with Gasteiger partial charge in [-0.2, -0.15) is 4.98 Å². The van der Waals surface area contributed by atoms with E-state index in [4.69, 9.17) is 0 Å². The molecule has 126 valence electrons. The summed E-state index contributed by atoms with van der Waals surface area (Å²) in [6, 6.07) is 6.01. The van der Waals surface area contributed by atoms with E-state index in [1.165, 1.54) is 20.2 Å². The Morgan fingerprint density at radius 1 is 1.20 bits per heavy atom. The van der Waals surface area contributed by atoms with Crippen molar-refractivity contribution in [2.24, 2.45) is 0 Å². The minimum atomic E-state index is -1.33. The van der Waals surface area contributed by atoms with Gasteiger partial charge in [-0.25, -0.2) is 19.3 Å². The van der Waals surface area contributed by atoms with E-state index < -0.39 is 5.67 Å². The van der Waals surface area contributed by atoms with Crippen LogP contribution in [0.3, 0.4) is 0 Å². The summed E-state index contributed by atoms with van der Waals surface area (Å²) in [7, 11) is 0. The van der Waals surface area contributed by atoms with Gasteiger partial charge in [-0.3, -0.25) is 0 Å². The van der Waals surface area contributed by atoms with Gasteiger partial charge in [0.1, 0.15) is 17.6 Å². The zero-order valence-corrected chi connectivity index (χ0v) is 13.9. The molecule has 0 saturated carbocycles. The van der Waals surface area contributed by atoms with Crippen LogP contribution >= 0.6 is 0 Å². The average molecular weight is 336 g/mol. The number of nitrogens with one attached hydrogen (secondary N) is 2. The second-order valence-electron chi connectivity index (χ2n) is 6.53. The van der Waals surface area contributed by atoms with Crippen LogP contribution in [0.25, 0.3) is 33.1 Å². The van der Waals surface area contributed by atoms with Crippen molar-refractivity contribution in [3.63, 3.8) is 0 Å². The molecule has 4 aromatic rings. The number of nitrogens with zero attached hydrogens (tertiary/aromatic N) is 4. The lowest BCUT2D eigenvalue weighted by molar-refractivity contribution is 0.234. The van der Waals surface area contributed by atoms with Crippen LogP contribution in [0, 0.1) is 0 Å². The number of H-pyrrole nitrogens is 1. The van der Waals surface area contributed by atoms with E-state index in [9.17, 15) is 4.39 Å². The maximum absolute atomic E-state index is 13.6. The number of fused-ring (bicyclic) bond motifs is 2. The second kappa shape index (κ2) is 5.77. The van der Waals surface area contributed by atoms with Gasteiger partial charge in [-0.05, 0) is 31.5 Å². The maximum Gasteiger partial charge on any atom is 0.224 e. The molecule has 0 amide bonds. The van der Waals surface area contributed by atoms with Gasteiger partial charge in [0.15, 0.2) is 0 Å². The Balaban J connectivity index is 1.70. The fourth-order valence-corrected chi connectivity index (χ4v) is 2.67. The van der Waals surface area contributed by atoms with Crippen LogP contribution in [0.5, 0.6) is 0 Å². The Bertz CT molecular complexity index is 1050. The van der Waals surface area contributed by atoms with Crippen LogP contribution in [-0.2, 0) is 0 Å². The molecule has 0 atom stereocenters. The lowest BCUT2D eigenvalue weighted by Gasteiger charge is -2.14. The molecule has 0 fully saturated rings. The molecule has 0 radical (unpaired) electrons. The summed E-state index contributed by atoms with van der Waals surface area (Å²) in [6.45, 7) is 3.17. The Morgan fingerprint density at radius 3 is 2.92 bits per heavy atom. The monoisotopic (exact) mass is 336 g/mol. The Morgan fingerprint density at radius 2 is 2.08 bits per heavy atom. The summed E-state index contributed by atoms with van der Waals surface area (Å²) >= 11 is 0. The van der Waals surface area contributed by atoms with E-state index in [1.54, 1.807) is 12.4 Å². The van der Waals surface area contributed by atoms with Crippen LogP contribution in [-0.4, -0.2) is 37.1 Å². The molecular formula is C18H17FN6. The van der Waals surface area contributed by atoms with Gasteiger partial charge in [-0.15, -0.1) is 0 Å². The number of rotatable bonds is 4. The lowest BCUT2D eigenvalue weighted by Crippen LogP contribution is -2.25. The van der Waals surface area contributed by atoms with Crippen molar-refractivity contribution < 1.29 is 4.39 Å². The SMILES string of the molecule is CC(C)(F)CNc1ncc2c(-c3ccc4ncncc4c3)c[nH]c2n1. The van der Waals surface area contributed by atoms with Crippen molar-refractivity contribution in [2.45, 2.75) is 19.5 Å². The Labute approximate surface area is 143 Å². The highest BCUT2D eigenvalue weighted by Crippen LogP contribution is 2.29. The fourth-order valence-electron chi connectivity index (χ4n) is 2.67. The number of aromatic amines is 1. The summed E-state index contributed by atoms with van der Waals surface area (Å²) in [5.74, 6) is 0.401.